The third-order valence-electron chi connectivity index (χ3n) is 3.44. The minimum atomic E-state index is -0.508. The second-order valence-corrected chi connectivity index (χ2v) is 5.13. The van der Waals surface area contributed by atoms with Crippen LogP contribution in [0.2, 0.25) is 5.02 Å². The van der Waals surface area contributed by atoms with Gasteiger partial charge in [-0.2, -0.15) is 0 Å². The number of halogens is 1. The molecule has 2 atom stereocenters. The number of benzene rings is 1. The molecule has 1 heterocycles. The number of rotatable bonds is 4. The Hall–Kier alpha value is -1.06. The zero-order valence-electron chi connectivity index (χ0n) is 10.7. The van der Waals surface area contributed by atoms with Gasteiger partial charge in [-0.25, -0.2) is 0 Å². The van der Waals surface area contributed by atoms with Crippen molar-refractivity contribution in [2.75, 3.05) is 5.32 Å². The lowest BCUT2D eigenvalue weighted by atomic mass is 9.94. The summed E-state index contributed by atoms with van der Waals surface area (Å²) >= 11 is 6.18. The normalized spacial score (nSPS) is 19.6. The number of aliphatic hydroxyl groups excluding tert-OH is 1. The number of hydrogen-bond acceptors (Lipinski definition) is 2. The number of carbonyl (C=O) groups excluding carboxylic acids is 1. The van der Waals surface area contributed by atoms with Gasteiger partial charge in [-0.3, -0.25) is 4.79 Å². The lowest BCUT2D eigenvalue weighted by Gasteiger charge is -2.13. The highest BCUT2D eigenvalue weighted by Gasteiger charge is 2.31. The van der Waals surface area contributed by atoms with E-state index in [1.165, 1.54) is 0 Å². The van der Waals surface area contributed by atoms with E-state index >= 15 is 0 Å². The van der Waals surface area contributed by atoms with Gasteiger partial charge in [-0.1, -0.05) is 37.9 Å². The lowest BCUT2D eigenvalue weighted by molar-refractivity contribution is -0.117. The van der Waals surface area contributed by atoms with Gasteiger partial charge >= 0.3 is 0 Å². The van der Waals surface area contributed by atoms with Gasteiger partial charge in [0.15, 0.2) is 0 Å². The highest BCUT2D eigenvalue weighted by Crippen LogP contribution is 2.41. The van der Waals surface area contributed by atoms with E-state index in [4.69, 9.17) is 11.6 Å². The van der Waals surface area contributed by atoms with Crippen molar-refractivity contribution in [3.05, 3.63) is 28.3 Å². The van der Waals surface area contributed by atoms with E-state index < -0.39 is 6.10 Å². The van der Waals surface area contributed by atoms with Crippen molar-refractivity contribution in [3.8, 4) is 0 Å². The standard InChI is InChI=1S/C14H18ClNO2/c1-3-5-12(17)8-6-10-9(4-2)14(18)16-13(10)11(15)7-8/h6-7,9,12,17H,3-5H2,1-2H3,(H,16,18). The van der Waals surface area contributed by atoms with Gasteiger partial charge in [0.1, 0.15) is 0 Å². The summed E-state index contributed by atoms with van der Waals surface area (Å²) in [5, 5.41) is 13.4. The van der Waals surface area contributed by atoms with E-state index in [2.05, 4.69) is 5.32 Å². The Kier molecular flexibility index (Phi) is 3.93. The quantitative estimate of drug-likeness (QED) is 0.875. The zero-order chi connectivity index (χ0) is 13.3. The number of nitrogens with one attached hydrogen (secondary N) is 1. The van der Waals surface area contributed by atoms with Crippen LogP contribution in [0.4, 0.5) is 5.69 Å². The molecule has 4 heteroatoms. The van der Waals surface area contributed by atoms with Gasteiger partial charge in [0.05, 0.1) is 22.7 Å². The molecule has 0 bridgehead atoms. The molecule has 3 nitrogen and oxygen atoms in total. The van der Waals surface area contributed by atoms with Gasteiger partial charge in [-0.05, 0) is 30.0 Å². The molecule has 1 amide bonds. The maximum atomic E-state index is 11.8. The van der Waals surface area contributed by atoms with Crippen LogP contribution in [0.1, 0.15) is 56.3 Å². The van der Waals surface area contributed by atoms with Crippen molar-refractivity contribution >= 4 is 23.2 Å². The van der Waals surface area contributed by atoms with Crippen LogP contribution in [0.3, 0.4) is 0 Å². The molecule has 0 fully saturated rings. The molecule has 98 valence electrons. The Labute approximate surface area is 112 Å². The van der Waals surface area contributed by atoms with Crippen molar-refractivity contribution in [3.63, 3.8) is 0 Å². The molecule has 1 aliphatic rings. The lowest BCUT2D eigenvalue weighted by Crippen LogP contribution is -2.10. The summed E-state index contributed by atoms with van der Waals surface area (Å²) in [5.41, 5.74) is 2.43. The first-order valence-electron chi connectivity index (χ1n) is 6.40. The molecule has 0 radical (unpaired) electrons. The third-order valence-corrected chi connectivity index (χ3v) is 3.74. The van der Waals surface area contributed by atoms with Crippen LogP contribution in [-0.2, 0) is 4.79 Å². The molecular formula is C14H18ClNO2. The van der Waals surface area contributed by atoms with Crippen LogP contribution >= 0.6 is 11.6 Å². The number of hydrogen-bond donors (Lipinski definition) is 2. The van der Waals surface area contributed by atoms with Crippen molar-refractivity contribution in [1.29, 1.82) is 0 Å². The van der Waals surface area contributed by atoms with Crippen LogP contribution in [0.5, 0.6) is 0 Å². The third kappa shape index (κ3) is 2.25. The fraction of sp³-hybridized carbons (Fsp3) is 0.500. The molecule has 2 N–H and O–H groups in total. The maximum Gasteiger partial charge on any atom is 0.232 e. The molecule has 0 spiro atoms. The number of carbonyl (C=O) groups is 1. The highest BCUT2D eigenvalue weighted by molar-refractivity contribution is 6.34. The van der Waals surface area contributed by atoms with Gasteiger partial charge in [0, 0.05) is 0 Å². The first-order chi connectivity index (χ1) is 8.58. The van der Waals surface area contributed by atoms with Crippen LogP contribution < -0.4 is 5.32 Å². The second-order valence-electron chi connectivity index (χ2n) is 4.72. The summed E-state index contributed by atoms with van der Waals surface area (Å²) in [6.45, 7) is 4.00. The molecule has 0 saturated carbocycles. The molecule has 1 aromatic carbocycles. The minimum Gasteiger partial charge on any atom is -0.388 e. The van der Waals surface area contributed by atoms with Gasteiger partial charge in [0.2, 0.25) is 5.91 Å². The van der Waals surface area contributed by atoms with Crippen LogP contribution in [-0.4, -0.2) is 11.0 Å². The number of amides is 1. The van der Waals surface area contributed by atoms with Gasteiger partial charge in [0.25, 0.3) is 0 Å². The van der Waals surface area contributed by atoms with Crippen molar-refractivity contribution in [2.24, 2.45) is 0 Å². The van der Waals surface area contributed by atoms with E-state index in [9.17, 15) is 9.90 Å². The van der Waals surface area contributed by atoms with E-state index in [1.807, 2.05) is 19.9 Å². The summed E-state index contributed by atoms with van der Waals surface area (Å²) in [5.74, 6) is -0.150. The smallest absolute Gasteiger partial charge is 0.232 e. The number of fused-ring (bicyclic) bond motifs is 1. The zero-order valence-corrected chi connectivity index (χ0v) is 11.4. The first-order valence-corrected chi connectivity index (χ1v) is 6.78. The second kappa shape index (κ2) is 5.29. The fourth-order valence-electron chi connectivity index (χ4n) is 2.45. The van der Waals surface area contributed by atoms with E-state index in [-0.39, 0.29) is 11.8 Å². The fourth-order valence-corrected chi connectivity index (χ4v) is 2.73. The van der Waals surface area contributed by atoms with Crippen molar-refractivity contribution in [2.45, 2.75) is 45.1 Å². The predicted molar refractivity (Wildman–Crippen MR) is 73.0 cm³/mol. The van der Waals surface area contributed by atoms with Gasteiger partial charge in [-0.15, -0.1) is 0 Å². The molecule has 18 heavy (non-hydrogen) atoms. The molecule has 1 aliphatic heterocycles. The highest BCUT2D eigenvalue weighted by atomic mass is 35.5. The average Bonchev–Trinajstić information content (AvgIpc) is 2.65. The summed E-state index contributed by atoms with van der Waals surface area (Å²) in [6.07, 6.45) is 1.84. The van der Waals surface area contributed by atoms with Crippen molar-refractivity contribution in [1.82, 2.24) is 0 Å². The summed E-state index contributed by atoms with van der Waals surface area (Å²) in [6, 6.07) is 3.66. The SMILES string of the molecule is CCCC(O)c1cc(Cl)c2c(c1)C(CC)C(=O)N2. The van der Waals surface area contributed by atoms with Gasteiger partial charge < -0.3 is 10.4 Å². The Morgan fingerprint density at radius 3 is 2.78 bits per heavy atom. The predicted octanol–water partition coefficient (Wildman–Crippen LogP) is 3.62. The maximum absolute atomic E-state index is 11.8. The summed E-state index contributed by atoms with van der Waals surface area (Å²) in [7, 11) is 0. The van der Waals surface area contributed by atoms with E-state index in [0.29, 0.717) is 17.1 Å². The van der Waals surface area contributed by atoms with Crippen LogP contribution in [0.15, 0.2) is 12.1 Å². The van der Waals surface area contributed by atoms with E-state index in [0.717, 1.165) is 24.0 Å². The summed E-state index contributed by atoms with van der Waals surface area (Å²) < 4.78 is 0. The molecule has 2 unspecified atom stereocenters. The average molecular weight is 268 g/mol. The summed E-state index contributed by atoms with van der Waals surface area (Å²) in [4.78, 5) is 11.8. The Morgan fingerprint density at radius 1 is 1.44 bits per heavy atom. The first kappa shape index (κ1) is 13.4. The molecule has 2 rings (SSSR count). The number of anilines is 1. The van der Waals surface area contributed by atoms with Crippen molar-refractivity contribution < 1.29 is 9.90 Å². The Bertz CT molecular complexity index is 473. The Balaban J connectivity index is 2.42. The monoisotopic (exact) mass is 267 g/mol. The van der Waals surface area contributed by atoms with Crippen LogP contribution in [0.25, 0.3) is 0 Å². The molecule has 1 aromatic rings. The topological polar surface area (TPSA) is 49.3 Å². The largest absolute Gasteiger partial charge is 0.388 e. The minimum absolute atomic E-state index is 0.00321. The molecule has 0 aromatic heterocycles. The molecular weight excluding hydrogens is 250 g/mol. The number of aliphatic hydroxyl groups is 1. The van der Waals surface area contributed by atoms with Crippen LogP contribution in [0, 0.1) is 0 Å². The Morgan fingerprint density at radius 2 is 2.17 bits per heavy atom. The van der Waals surface area contributed by atoms with E-state index in [1.54, 1.807) is 6.07 Å². The molecule has 0 saturated heterocycles. The molecule has 0 aliphatic carbocycles.